The van der Waals surface area contributed by atoms with Gasteiger partial charge in [-0.05, 0) is 39.5 Å². The molecule has 0 aromatic carbocycles. The molecule has 6 nitrogen and oxygen atoms in total. The first-order chi connectivity index (χ1) is 9.97. The largest absolute Gasteiger partial charge is 0.374 e. The molecule has 3 heterocycles. The van der Waals surface area contributed by atoms with E-state index in [1.54, 1.807) is 20.0 Å². The summed E-state index contributed by atoms with van der Waals surface area (Å²) in [5, 5.41) is 11.2. The maximum absolute atomic E-state index is 11.2. The first-order valence-electron chi connectivity index (χ1n) is 7.42. The van der Waals surface area contributed by atoms with Gasteiger partial charge in [0.05, 0.1) is 22.8 Å². The Labute approximate surface area is 123 Å². The van der Waals surface area contributed by atoms with Crippen molar-refractivity contribution in [3.05, 3.63) is 33.1 Å². The van der Waals surface area contributed by atoms with Gasteiger partial charge in [0, 0.05) is 29.3 Å². The second-order valence-corrected chi connectivity index (χ2v) is 6.39. The number of aromatic nitrogens is 1. The summed E-state index contributed by atoms with van der Waals surface area (Å²) in [6.45, 7) is 4.05. The number of aryl methyl sites for hydroxylation is 1. The molecule has 0 radical (unpaired) electrons. The molecule has 0 amide bonds. The summed E-state index contributed by atoms with van der Waals surface area (Å²) in [6, 6.07) is 0. The van der Waals surface area contributed by atoms with Gasteiger partial charge in [-0.2, -0.15) is 0 Å². The average Bonchev–Trinajstić information content (AvgIpc) is 3.03. The summed E-state index contributed by atoms with van der Waals surface area (Å²) in [4.78, 5) is 15.4. The third kappa shape index (κ3) is 2.22. The molecule has 2 fully saturated rings. The molecular weight excluding hydrogens is 270 g/mol. The molecule has 0 aliphatic carbocycles. The van der Waals surface area contributed by atoms with E-state index in [-0.39, 0.29) is 22.1 Å². The molecule has 6 heteroatoms. The number of nitro groups is 1. The summed E-state index contributed by atoms with van der Waals surface area (Å²) in [5.74, 6) is 0. The molecule has 114 valence electrons. The van der Waals surface area contributed by atoms with Crippen LogP contribution in [-0.2, 0) is 11.2 Å². The molecule has 3 rings (SSSR count). The van der Waals surface area contributed by atoms with Gasteiger partial charge in [-0.15, -0.1) is 0 Å². The number of hydrogen-bond acceptors (Lipinski definition) is 5. The topological polar surface area (TPSA) is 91.3 Å². The smallest absolute Gasteiger partial charge is 0.278 e. The average molecular weight is 291 g/mol. The van der Waals surface area contributed by atoms with E-state index in [1.165, 1.54) is 0 Å². The van der Waals surface area contributed by atoms with Gasteiger partial charge in [0.2, 0.25) is 0 Å². The van der Waals surface area contributed by atoms with E-state index in [0.717, 1.165) is 25.0 Å². The highest BCUT2D eigenvalue weighted by Gasteiger charge is 2.51. The lowest BCUT2D eigenvalue weighted by atomic mass is 9.70. The van der Waals surface area contributed by atoms with Crippen molar-refractivity contribution in [2.45, 2.75) is 51.7 Å². The van der Waals surface area contributed by atoms with Crippen LogP contribution in [0.3, 0.4) is 0 Å². The summed E-state index contributed by atoms with van der Waals surface area (Å²) in [5.41, 5.74) is 8.16. The number of ether oxygens (including phenoxy) is 1. The number of hydrogen-bond donors (Lipinski definition) is 1. The molecule has 1 aromatic rings. The zero-order chi connectivity index (χ0) is 15.2. The van der Waals surface area contributed by atoms with Crippen LogP contribution in [0.15, 0.2) is 6.20 Å². The van der Waals surface area contributed by atoms with Crippen molar-refractivity contribution < 1.29 is 9.66 Å². The molecule has 2 aliphatic heterocycles. The Hall–Kier alpha value is -1.53. The van der Waals surface area contributed by atoms with E-state index in [1.807, 2.05) is 0 Å². The van der Waals surface area contributed by atoms with Crippen molar-refractivity contribution in [3.63, 3.8) is 0 Å². The van der Waals surface area contributed by atoms with Crippen LogP contribution in [0.4, 0.5) is 5.69 Å². The van der Waals surface area contributed by atoms with Gasteiger partial charge < -0.3 is 10.5 Å². The molecule has 3 atom stereocenters. The van der Waals surface area contributed by atoms with Gasteiger partial charge in [-0.25, -0.2) is 0 Å². The zero-order valence-electron chi connectivity index (χ0n) is 12.5. The maximum atomic E-state index is 11.2. The summed E-state index contributed by atoms with van der Waals surface area (Å²) >= 11 is 0. The number of pyridine rings is 1. The molecule has 2 saturated heterocycles. The number of rotatable bonds is 4. The molecule has 0 spiro atoms. The van der Waals surface area contributed by atoms with Crippen molar-refractivity contribution in [1.29, 1.82) is 0 Å². The Morgan fingerprint density at radius 1 is 1.52 bits per heavy atom. The maximum Gasteiger partial charge on any atom is 0.278 e. The van der Waals surface area contributed by atoms with E-state index in [2.05, 4.69) is 4.98 Å². The van der Waals surface area contributed by atoms with Crippen LogP contribution in [0, 0.1) is 29.4 Å². The Morgan fingerprint density at radius 3 is 2.81 bits per heavy atom. The highest BCUT2D eigenvalue weighted by molar-refractivity contribution is 5.47. The van der Waals surface area contributed by atoms with Gasteiger partial charge in [-0.3, -0.25) is 15.1 Å². The van der Waals surface area contributed by atoms with Crippen molar-refractivity contribution in [1.82, 2.24) is 4.98 Å². The van der Waals surface area contributed by atoms with E-state index in [9.17, 15) is 10.1 Å². The van der Waals surface area contributed by atoms with Crippen LogP contribution in [0.1, 0.15) is 36.1 Å². The van der Waals surface area contributed by atoms with Gasteiger partial charge in [0.25, 0.3) is 5.69 Å². The standard InChI is InChI=1S/C15H21N3O3/c1-9-7-17-12(10(2)14(9)18(19)20)6-15(8-16)5-11-3-4-13(15)21-11/h7,11,13H,3-6,8,16H2,1-2H3. The van der Waals surface area contributed by atoms with Crippen LogP contribution in [0.5, 0.6) is 0 Å². The second kappa shape index (κ2) is 5.03. The van der Waals surface area contributed by atoms with Gasteiger partial charge >= 0.3 is 0 Å². The third-order valence-corrected chi connectivity index (χ3v) is 5.11. The first-order valence-corrected chi connectivity index (χ1v) is 7.42. The Kier molecular flexibility index (Phi) is 3.45. The molecule has 3 unspecified atom stereocenters. The lowest BCUT2D eigenvalue weighted by Crippen LogP contribution is -2.41. The first kappa shape index (κ1) is 14.4. The fourth-order valence-corrected chi connectivity index (χ4v) is 3.92. The van der Waals surface area contributed by atoms with Crippen LogP contribution in [0.2, 0.25) is 0 Å². The van der Waals surface area contributed by atoms with Crippen LogP contribution in [-0.4, -0.2) is 28.7 Å². The minimum atomic E-state index is -0.317. The van der Waals surface area contributed by atoms with Crippen LogP contribution >= 0.6 is 0 Å². The van der Waals surface area contributed by atoms with Crippen molar-refractivity contribution in [2.75, 3.05) is 6.54 Å². The Balaban J connectivity index is 1.95. The minimum Gasteiger partial charge on any atom is -0.374 e. The quantitative estimate of drug-likeness (QED) is 0.677. The summed E-state index contributed by atoms with van der Waals surface area (Å²) < 4.78 is 5.95. The molecule has 1 aromatic heterocycles. The predicted octanol–water partition coefficient (Wildman–Crippen LogP) is 2.05. The number of nitrogens with two attached hydrogens (primary N) is 1. The van der Waals surface area contributed by atoms with Gasteiger partial charge in [0.15, 0.2) is 0 Å². The predicted molar refractivity (Wildman–Crippen MR) is 78.1 cm³/mol. The van der Waals surface area contributed by atoms with Crippen LogP contribution in [0.25, 0.3) is 0 Å². The Bertz CT molecular complexity index is 590. The fraction of sp³-hybridized carbons (Fsp3) is 0.667. The summed E-state index contributed by atoms with van der Waals surface area (Å²) in [7, 11) is 0. The van der Waals surface area contributed by atoms with Gasteiger partial charge in [0.1, 0.15) is 0 Å². The number of fused-ring (bicyclic) bond motifs is 2. The van der Waals surface area contributed by atoms with E-state index < -0.39 is 0 Å². The number of nitrogens with zero attached hydrogens (tertiary/aromatic N) is 2. The highest BCUT2D eigenvalue weighted by atomic mass is 16.6. The minimum absolute atomic E-state index is 0.107. The molecular formula is C15H21N3O3. The van der Waals surface area contributed by atoms with Crippen molar-refractivity contribution in [2.24, 2.45) is 11.1 Å². The SMILES string of the molecule is Cc1cnc(CC2(CN)CC3CCC2O3)c(C)c1[N+](=O)[O-]. The third-order valence-electron chi connectivity index (χ3n) is 5.11. The summed E-state index contributed by atoms with van der Waals surface area (Å²) in [6.07, 6.45) is 5.82. The fourth-order valence-electron chi connectivity index (χ4n) is 3.92. The monoisotopic (exact) mass is 291 g/mol. The Morgan fingerprint density at radius 2 is 2.29 bits per heavy atom. The van der Waals surface area contributed by atoms with E-state index in [4.69, 9.17) is 10.5 Å². The van der Waals surface area contributed by atoms with Gasteiger partial charge in [-0.1, -0.05) is 0 Å². The van der Waals surface area contributed by atoms with Crippen LogP contribution < -0.4 is 5.73 Å². The molecule has 21 heavy (non-hydrogen) atoms. The lowest BCUT2D eigenvalue weighted by Gasteiger charge is -2.34. The van der Waals surface area contributed by atoms with E-state index in [0.29, 0.717) is 30.2 Å². The second-order valence-electron chi connectivity index (χ2n) is 6.39. The normalized spacial score (nSPS) is 30.8. The van der Waals surface area contributed by atoms with Crippen molar-refractivity contribution >= 4 is 5.69 Å². The molecule has 2 N–H and O–H groups in total. The molecule has 2 bridgehead atoms. The van der Waals surface area contributed by atoms with E-state index >= 15 is 0 Å². The zero-order valence-corrected chi connectivity index (χ0v) is 12.5. The molecule has 0 saturated carbocycles. The van der Waals surface area contributed by atoms with Crippen molar-refractivity contribution in [3.8, 4) is 0 Å². The molecule has 2 aliphatic rings. The highest BCUT2D eigenvalue weighted by Crippen LogP contribution is 2.49. The lowest BCUT2D eigenvalue weighted by molar-refractivity contribution is -0.386.